The van der Waals surface area contributed by atoms with Crippen LogP contribution in [0.2, 0.25) is 0 Å². The van der Waals surface area contributed by atoms with E-state index in [0.29, 0.717) is 5.75 Å². The van der Waals surface area contributed by atoms with Crippen LogP contribution in [0.5, 0.6) is 5.75 Å². The summed E-state index contributed by atoms with van der Waals surface area (Å²) in [6.07, 6.45) is 0. The highest BCUT2D eigenvalue weighted by Crippen LogP contribution is 2.22. The molecule has 0 unspecified atom stereocenters. The first-order valence-electron chi connectivity index (χ1n) is 3.88. The highest BCUT2D eigenvalue weighted by molar-refractivity contribution is 7.93. The highest BCUT2D eigenvalue weighted by atomic mass is 35.5. The molecule has 0 fully saturated rings. The fourth-order valence-corrected chi connectivity index (χ4v) is 1.61. The predicted molar refractivity (Wildman–Crippen MR) is 56.2 cm³/mol. The van der Waals surface area contributed by atoms with Crippen molar-refractivity contribution in [3.63, 3.8) is 0 Å². The molecule has 1 aromatic rings. The molecule has 0 aliphatic rings. The van der Waals surface area contributed by atoms with Crippen LogP contribution < -0.4 is 9.46 Å². The zero-order valence-corrected chi connectivity index (χ0v) is 9.40. The van der Waals surface area contributed by atoms with Crippen LogP contribution in [0.3, 0.4) is 0 Å². The molecule has 0 aromatic heterocycles. The Hall–Kier alpha value is -1.01. The van der Waals surface area contributed by atoms with Gasteiger partial charge in [-0.1, -0.05) is 0 Å². The summed E-state index contributed by atoms with van der Waals surface area (Å²) in [4.78, 5) is 0. The van der Waals surface area contributed by atoms with E-state index in [1.807, 2.05) is 4.72 Å². The summed E-state index contributed by atoms with van der Waals surface area (Å²) in [7, 11) is -2.30. The van der Waals surface area contributed by atoms with E-state index >= 15 is 0 Å². The van der Waals surface area contributed by atoms with Gasteiger partial charge in [0, 0.05) is 6.07 Å². The molecule has 7 heteroatoms. The Morgan fingerprint density at radius 3 is 2.73 bits per heavy atom. The molecule has 0 amide bonds. The fraction of sp³-hybridized carbons (Fsp3) is 0.250. The lowest BCUT2D eigenvalue weighted by Gasteiger charge is -2.07. The van der Waals surface area contributed by atoms with Gasteiger partial charge in [-0.3, -0.25) is 4.72 Å². The lowest BCUT2D eigenvalue weighted by molar-refractivity contribution is 0.414. The Morgan fingerprint density at radius 1 is 1.53 bits per heavy atom. The minimum Gasteiger partial charge on any atom is -0.497 e. The van der Waals surface area contributed by atoms with Crippen molar-refractivity contribution in [2.75, 3.05) is 17.0 Å². The van der Waals surface area contributed by atoms with Gasteiger partial charge in [0.1, 0.15) is 16.8 Å². The minimum atomic E-state index is -3.70. The van der Waals surface area contributed by atoms with Gasteiger partial charge in [0.15, 0.2) is 0 Å². The largest absolute Gasteiger partial charge is 0.497 e. The number of anilines is 1. The molecule has 0 aliphatic carbocycles. The SMILES string of the molecule is COc1ccc(F)c(NS(=O)(=O)CCl)c1. The van der Waals surface area contributed by atoms with Gasteiger partial charge in [0.25, 0.3) is 0 Å². The summed E-state index contributed by atoms with van der Waals surface area (Å²) >= 11 is 5.16. The molecule has 84 valence electrons. The summed E-state index contributed by atoms with van der Waals surface area (Å²) in [5.41, 5.74) is -0.185. The Balaban J connectivity index is 3.04. The molecule has 0 saturated carbocycles. The van der Waals surface area contributed by atoms with Gasteiger partial charge in [-0.25, -0.2) is 12.8 Å². The van der Waals surface area contributed by atoms with Crippen molar-refractivity contribution in [1.29, 1.82) is 0 Å². The van der Waals surface area contributed by atoms with Crippen molar-refractivity contribution in [2.24, 2.45) is 0 Å². The first-order valence-corrected chi connectivity index (χ1v) is 6.07. The number of rotatable bonds is 4. The summed E-state index contributed by atoms with van der Waals surface area (Å²) in [6, 6.07) is 3.72. The molecule has 4 nitrogen and oxygen atoms in total. The first-order chi connectivity index (χ1) is 6.98. The standard InChI is InChI=1S/C8H9ClFNO3S/c1-14-6-2-3-7(10)8(4-6)11-15(12,13)5-9/h2-4,11H,5H2,1H3. The van der Waals surface area contributed by atoms with Crippen molar-refractivity contribution >= 4 is 27.3 Å². The monoisotopic (exact) mass is 253 g/mol. The van der Waals surface area contributed by atoms with Crippen LogP contribution in [-0.4, -0.2) is 20.7 Å². The maximum Gasteiger partial charge on any atom is 0.246 e. The Labute approximate surface area is 92.1 Å². The Bertz CT molecular complexity index is 449. The smallest absolute Gasteiger partial charge is 0.246 e. The summed E-state index contributed by atoms with van der Waals surface area (Å²) in [5.74, 6) is -0.340. The Kier molecular flexibility index (Phi) is 3.76. The van der Waals surface area contributed by atoms with Crippen molar-refractivity contribution in [3.05, 3.63) is 24.0 Å². The minimum absolute atomic E-state index is 0.185. The number of nitrogens with one attached hydrogen (secondary N) is 1. The van der Waals surface area contributed by atoms with Gasteiger partial charge in [-0.05, 0) is 12.1 Å². The highest BCUT2D eigenvalue weighted by Gasteiger charge is 2.12. The third-order valence-corrected chi connectivity index (χ3v) is 3.26. The molecule has 0 radical (unpaired) electrons. The van der Waals surface area contributed by atoms with Gasteiger partial charge < -0.3 is 4.74 Å². The number of ether oxygens (including phenoxy) is 1. The van der Waals surface area contributed by atoms with Gasteiger partial charge in [-0.15, -0.1) is 11.6 Å². The van der Waals surface area contributed by atoms with E-state index in [2.05, 4.69) is 0 Å². The number of hydrogen-bond donors (Lipinski definition) is 1. The van der Waals surface area contributed by atoms with E-state index in [0.717, 1.165) is 6.07 Å². The number of sulfonamides is 1. The van der Waals surface area contributed by atoms with Gasteiger partial charge in [-0.2, -0.15) is 0 Å². The van der Waals surface area contributed by atoms with Crippen molar-refractivity contribution in [2.45, 2.75) is 0 Å². The maximum absolute atomic E-state index is 13.1. The number of halogens is 2. The van der Waals surface area contributed by atoms with E-state index in [1.165, 1.54) is 19.2 Å². The van der Waals surface area contributed by atoms with Crippen LogP contribution in [-0.2, 0) is 10.0 Å². The molecule has 1 N–H and O–H groups in total. The molecule has 0 bridgehead atoms. The number of alkyl halides is 1. The molecular formula is C8H9ClFNO3S. The van der Waals surface area contributed by atoms with Gasteiger partial charge in [0.2, 0.25) is 10.0 Å². The van der Waals surface area contributed by atoms with Crippen LogP contribution in [0.4, 0.5) is 10.1 Å². The lowest BCUT2D eigenvalue weighted by Crippen LogP contribution is -2.14. The van der Waals surface area contributed by atoms with Gasteiger partial charge >= 0.3 is 0 Å². The molecule has 0 atom stereocenters. The van der Waals surface area contributed by atoms with E-state index in [1.54, 1.807) is 0 Å². The molecule has 0 aliphatic heterocycles. The molecule has 15 heavy (non-hydrogen) atoms. The van der Waals surface area contributed by atoms with Crippen LogP contribution in [0.1, 0.15) is 0 Å². The normalized spacial score (nSPS) is 11.1. The van der Waals surface area contributed by atoms with E-state index in [9.17, 15) is 12.8 Å². The Morgan fingerprint density at radius 2 is 2.20 bits per heavy atom. The van der Waals surface area contributed by atoms with E-state index in [4.69, 9.17) is 16.3 Å². The lowest BCUT2D eigenvalue weighted by atomic mass is 10.3. The first kappa shape index (κ1) is 12.1. The molecular weight excluding hydrogens is 245 g/mol. The second-order valence-electron chi connectivity index (χ2n) is 2.67. The zero-order chi connectivity index (χ0) is 11.5. The molecule has 0 spiro atoms. The van der Waals surface area contributed by atoms with Gasteiger partial charge in [0.05, 0.1) is 12.8 Å². The third-order valence-electron chi connectivity index (χ3n) is 1.58. The van der Waals surface area contributed by atoms with Crippen LogP contribution in [0.25, 0.3) is 0 Å². The average molecular weight is 254 g/mol. The predicted octanol–water partition coefficient (Wildman–Crippen LogP) is 1.77. The van der Waals surface area contributed by atoms with Crippen LogP contribution in [0, 0.1) is 5.82 Å². The molecule has 1 aromatic carbocycles. The average Bonchev–Trinajstić information content (AvgIpc) is 2.21. The third kappa shape index (κ3) is 3.24. The summed E-state index contributed by atoms with van der Waals surface area (Å²) in [6.45, 7) is 0. The molecule has 1 rings (SSSR count). The fourth-order valence-electron chi connectivity index (χ4n) is 0.904. The second kappa shape index (κ2) is 4.67. The van der Waals surface area contributed by atoms with Crippen LogP contribution in [0.15, 0.2) is 18.2 Å². The topological polar surface area (TPSA) is 55.4 Å². The van der Waals surface area contributed by atoms with E-state index < -0.39 is 21.1 Å². The number of hydrogen-bond acceptors (Lipinski definition) is 3. The summed E-state index contributed by atoms with van der Waals surface area (Å²) < 4.78 is 42.1. The van der Waals surface area contributed by atoms with Crippen molar-refractivity contribution in [1.82, 2.24) is 0 Å². The summed E-state index contributed by atoms with van der Waals surface area (Å²) in [5, 5.41) is -0.635. The number of benzene rings is 1. The van der Waals surface area contributed by atoms with E-state index in [-0.39, 0.29) is 5.69 Å². The quantitative estimate of drug-likeness (QED) is 0.832. The molecule has 0 saturated heterocycles. The number of methoxy groups -OCH3 is 1. The van der Waals surface area contributed by atoms with Crippen molar-refractivity contribution < 1.29 is 17.5 Å². The van der Waals surface area contributed by atoms with Crippen molar-refractivity contribution in [3.8, 4) is 5.75 Å². The zero-order valence-electron chi connectivity index (χ0n) is 7.83. The van der Waals surface area contributed by atoms with Crippen LogP contribution >= 0.6 is 11.6 Å². The second-order valence-corrected chi connectivity index (χ2v) is 4.98. The molecule has 0 heterocycles. The maximum atomic E-state index is 13.1.